The Morgan fingerprint density at radius 1 is 1.10 bits per heavy atom. The molecule has 6 nitrogen and oxygen atoms in total. The van der Waals surface area contributed by atoms with Gasteiger partial charge in [-0.3, -0.25) is 4.79 Å². The zero-order chi connectivity index (χ0) is 15.3. The Kier molecular flexibility index (Phi) is 9.19. The smallest absolute Gasteiger partial charge is 0.305 e. The number of carboxylic acid groups (broad SMARTS) is 1. The van der Waals surface area contributed by atoms with Gasteiger partial charge in [0, 0.05) is 6.54 Å². The molecule has 6 heteroatoms. The molecule has 0 unspecified atom stereocenters. The summed E-state index contributed by atoms with van der Waals surface area (Å²) in [7, 11) is 0. The quantitative estimate of drug-likeness (QED) is 0.561. The number of benzene rings is 1. The van der Waals surface area contributed by atoms with Crippen LogP contribution < -0.4 is 10.5 Å². The van der Waals surface area contributed by atoms with Gasteiger partial charge in [0.15, 0.2) is 0 Å². The highest BCUT2D eigenvalue weighted by atomic mass is 16.5. The average molecular weight is 297 g/mol. The van der Waals surface area contributed by atoms with Gasteiger partial charge in [0.1, 0.15) is 12.4 Å². The van der Waals surface area contributed by atoms with Crippen molar-refractivity contribution in [2.24, 2.45) is 5.73 Å². The van der Waals surface area contributed by atoms with E-state index in [2.05, 4.69) is 0 Å². The van der Waals surface area contributed by atoms with Crippen molar-refractivity contribution in [2.45, 2.75) is 12.8 Å². The first-order valence-electron chi connectivity index (χ1n) is 7.01. The Morgan fingerprint density at radius 2 is 1.90 bits per heavy atom. The molecule has 0 amide bonds. The predicted octanol–water partition coefficient (Wildman–Crippen LogP) is 1.07. The second kappa shape index (κ2) is 11.1. The number of carboxylic acids is 1. The molecular weight excluding hydrogens is 274 g/mol. The van der Waals surface area contributed by atoms with Crippen molar-refractivity contribution >= 4 is 5.97 Å². The summed E-state index contributed by atoms with van der Waals surface area (Å²) in [6.07, 6.45) is 0.756. The van der Waals surface area contributed by atoms with Crippen LogP contribution in [0.2, 0.25) is 0 Å². The van der Waals surface area contributed by atoms with Crippen molar-refractivity contribution in [2.75, 3.05) is 39.6 Å². The third kappa shape index (κ3) is 9.01. The maximum atomic E-state index is 10.3. The molecule has 0 aliphatic carbocycles. The molecule has 0 bridgehead atoms. The van der Waals surface area contributed by atoms with Crippen LogP contribution in [0.1, 0.15) is 12.0 Å². The molecular formula is C15H23NO5. The zero-order valence-electron chi connectivity index (χ0n) is 12.1. The summed E-state index contributed by atoms with van der Waals surface area (Å²) in [5, 5.41) is 8.49. The lowest BCUT2D eigenvalue weighted by Gasteiger charge is -2.08. The number of aliphatic carboxylic acids is 1. The van der Waals surface area contributed by atoms with Crippen LogP contribution in [0, 0.1) is 0 Å². The Balaban J connectivity index is 2.20. The molecule has 0 saturated carbocycles. The van der Waals surface area contributed by atoms with Gasteiger partial charge >= 0.3 is 5.97 Å². The number of ether oxygens (including phenoxy) is 3. The van der Waals surface area contributed by atoms with E-state index >= 15 is 0 Å². The molecule has 1 rings (SSSR count). The van der Waals surface area contributed by atoms with Crippen LogP contribution in [0.3, 0.4) is 0 Å². The molecule has 1 aromatic carbocycles. The molecule has 0 saturated heterocycles. The topological polar surface area (TPSA) is 91.0 Å². The van der Waals surface area contributed by atoms with Gasteiger partial charge in [0.05, 0.1) is 32.8 Å². The fourth-order valence-electron chi connectivity index (χ4n) is 1.65. The molecule has 0 heterocycles. The van der Waals surface area contributed by atoms with Crippen molar-refractivity contribution in [3.63, 3.8) is 0 Å². The van der Waals surface area contributed by atoms with E-state index < -0.39 is 5.97 Å². The molecule has 0 spiro atoms. The number of carbonyl (C=O) groups is 1. The predicted molar refractivity (Wildman–Crippen MR) is 78.6 cm³/mol. The highest BCUT2D eigenvalue weighted by molar-refractivity contribution is 5.66. The minimum absolute atomic E-state index is 0.0337. The van der Waals surface area contributed by atoms with Crippen LogP contribution in [0.25, 0.3) is 0 Å². The molecule has 3 N–H and O–H groups in total. The standard InChI is InChI=1S/C15H23NO5/c16-6-9-20-10-11-21-14-3-1-2-13(12-14)4-7-19-8-5-15(17)18/h1-3,12H,4-11,16H2,(H,17,18). The van der Waals surface area contributed by atoms with Gasteiger partial charge in [-0.25, -0.2) is 0 Å². The Labute approximate surface area is 124 Å². The fourth-order valence-corrected chi connectivity index (χ4v) is 1.65. The van der Waals surface area contributed by atoms with E-state index in [1.54, 1.807) is 0 Å². The van der Waals surface area contributed by atoms with Crippen molar-refractivity contribution < 1.29 is 24.1 Å². The molecule has 118 valence electrons. The molecule has 0 aliphatic rings. The molecule has 21 heavy (non-hydrogen) atoms. The largest absolute Gasteiger partial charge is 0.491 e. The van der Waals surface area contributed by atoms with Crippen LogP contribution in [-0.2, 0) is 20.7 Å². The average Bonchev–Trinajstić information content (AvgIpc) is 2.47. The summed E-state index contributed by atoms with van der Waals surface area (Å²) in [5.74, 6) is -0.0587. The van der Waals surface area contributed by atoms with Crippen LogP contribution in [0.15, 0.2) is 24.3 Å². The van der Waals surface area contributed by atoms with Gasteiger partial charge in [-0.15, -0.1) is 0 Å². The maximum Gasteiger partial charge on any atom is 0.305 e. The molecule has 1 aromatic rings. The second-order valence-corrected chi connectivity index (χ2v) is 4.40. The SMILES string of the molecule is NCCOCCOc1cccc(CCOCCC(=O)O)c1. The summed E-state index contributed by atoms with van der Waals surface area (Å²) >= 11 is 0. The Morgan fingerprint density at radius 3 is 2.67 bits per heavy atom. The minimum atomic E-state index is -0.845. The zero-order valence-corrected chi connectivity index (χ0v) is 12.1. The normalized spacial score (nSPS) is 10.5. The third-order valence-electron chi connectivity index (χ3n) is 2.65. The van der Waals surface area contributed by atoms with E-state index in [0.717, 1.165) is 17.7 Å². The lowest BCUT2D eigenvalue weighted by Crippen LogP contribution is -2.13. The van der Waals surface area contributed by atoms with Gasteiger partial charge in [0.2, 0.25) is 0 Å². The summed E-state index contributed by atoms with van der Waals surface area (Å²) in [6.45, 7) is 2.78. The Bertz CT molecular complexity index is 411. The number of nitrogens with two attached hydrogens (primary N) is 1. The first-order chi connectivity index (χ1) is 10.2. The lowest BCUT2D eigenvalue weighted by atomic mass is 10.1. The summed E-state index contributed by atoms with van der Waals surface area (Å²) in [6, 6.07) is 7.74. The number of hydrogen-bond donors (Lipinski definition) is 2. The first-order valence-corrected chi connectivity index (χ1v) is 7.01. The summed E-state index contributed by atoms with van der Waals surface area (Å²) < 4.78 is 16.1. The summed E-state index contributed by atoms with van der Waals surface area (Å²) in [5.41, 5.74) is 6.40. The van der Waals surface area contributed by atoms with E-state index in [1.165, 1.54) is 0 Å². The van der Waals surface area contributed by atoms with Gasteiger partial charge in [-0.2, -0.15) is 0 Å². The highest BCUT2D eigenvalue weighted by Gasteiger charge is 2.00. The number of rotatable bonds is 12. The summed E-state index contributed by atoms with van der Waals surface area (Å²) in [4.78, 5) is 10.3. The van der Waals surface area contributed by atoms with Crippen LogP contribution in [0.5, 0.6) is 5.75 Å². The van der Waals surface area contributed by atoms with E-state index in [4.69, 9.17) is 25.1 Å². The molecule has 0 fully saturated rings. The van der Waals surface area contributed by atoms with E-state index in [0.29, 0.717) is 33.0 Å². The van der Waals surface area contributed by atoms with E-state index in [-0.39, 0.29) is 13.0 Å². The molecule has 0 atom stereocenters. The maximum absolute atomic E-state index is 10.3. The van der Waals surface area contributed by atoms with E-state index in [1.807, 2.05) is 24.3 Å². The third-order valence-corrected chi connectivity index (χ3v) is 2.65. The van der Waals surface area contributed by atoms with Crippen LogP contribution in [-0.4, -0.2) is 50.7 Å². The van der Waals surface area contributed by atoms with Crippen molar-refractivity contribution in [1.29, 1.82) is 0 Å². The van der Waals surface area contributed by atoms with Crippen LogP contribution in [0.4, 0.5) is 0 Å². The van der Waals surface area contributed by atoms with Crippen LogP contribution >= 0.6 is 0 Å². The van der Waals surface area contributed by atoms with Gasteiger partial charge in [0.25, 0.3) is 0 Å². The highest BCUT2D eigenvalue weighted by Crippen LogP contribution is 2.13. The van der Waals surface area contributed by atoms with Gasteiger partial charge < -0.3 is 25.1 Å². The second-order valence-electron chi connectivity index (χ2n) is 4.40. The number of hydrogen-bond acceptors (Lipinski definition) is 5. The van der Waals surface area contributed by atoms with E-state index in [9.17, 15) is 4.79 Å². The Hall–Kier alpha value is -1.63. The van der Waals surface area contributed by atoms with Crippen molar-refractivity contribution in [3.05, 3.63) is 29.8 Å². The van der Waals surface area contributed by atoms with Crippen molar-refractivity contribution in [1.82, 2.24) is 0 Å². The molecule has 0 aliphatic heterocycles. The van der Waals surface area contributed by atoms with Gasteiger partial charge in [-0.1, -0.05) is 12.1 Å². The lowest BCUT2D eigenvalue weighted by molar-refractivity contribution is -0.138. The van der Waals surface area contributed by atoms with Crippen molar-refractivity contribution in [3.8, 4) is 5.75 Å². The minimum Gasteiger partial charge on any atom is -0.491 e. The fraction of sp³-hybridized carbons (Fsp3) is 0.533. The molecule has 0 aromatic heterocycles. The first kappa shape index (κ1) is 17.4. The monoisotopic (exact) mass is 297 g/mol. The van der Waals surface area contributed by atoms with Gasteiger partial charge in [-0.05, 0) is 24.1 Å². The molecule has 0 radical (unpaired) electrons.